The fourth-order valence-electron chi connectivity index (χ4n) is 1.52. The molecule has 0 aliphatic carbocycles. The first-order valence-electron chi connectivity index (χ1n) is 6.21. The van der Waals surface area contributed by atoms with Crippen molar-refractivity contribution in [3.63, 3.8) is 0 Å². The van der Waals surface area contributed by atoms with Crippen LogP contribution in [-0.4, -0.2) is 34.1 Å². The van der Waals surface area contributed by atoms with Gasteiger partial charge >= 0.3 is 11.9 Å². The zero-order valence-corrected chi connectivity index (χ0v) is 10.6. The number of rotatable bonds is 10. The van der Waals surface area contributed by atoms with Crippen molar-refractivity contribution in [1.29, 1.82) is 0 Å². The smallest absolute Gasteiger partial charge is 0.326 e. The number of carbonyl (C=O) groups is 3. The second kappa shape index (κ2) is 9.44. The Morgan fingerprint density at radius 1 is 1.06 bits per heavy atom. The van der Waals surface area contributed by atoms with E-state index in [4.69, 9.17) is 10.2 Å². The Morgan fingerprint density at radius 2 is 1.72 bits per heavy atom. The van der Waals surface area contributed by atoms with Crippen LogP contribution in [0.5, 0.6) is 0 Å². The van der Waals surface area contributed by atoms with Crippen LogP contribution in [0, 0.1) is 0 Å². The molecule has 0 spiro atoms. The number of unbranched alkanes of at least 4 members (excludes halogenated alkanes) is 3. The van der Waals surface area contributed by atoms with Gasteiger partial charge in [-0.05, 0) is 6.42 Å². The Balaban J connectivity index is 3.99. The molecule has 0 saturated heterocycles. The van der Waals surface area contributed by atoms with E-state index in [1.165, 1.54) is 0 Å². The maximum absolute atomic E-state index is 11.3. The molecule has 6 nitrogen and oxygen atoms in total. The van der Waals surface area contributed by atoms with Crippen LogP contribution in [0.4, 0.5) is 0 Å². The van der Waals surface area contributed by atoms with Crippen LogP contribution in [0.1, 0.15) is 51.9 Å². The molecule has 1 amide bonds. The predicted octanol–water partition coefficient (Wildman–Crippen LogP) is 1.39. The van der Waals surface area contributed by atoms with E-state index in [-0.39, 0.29) is 12.8 Å². The molecule has 0 aromatic rings. The standard InChI is InChI=1S/C12H21NO5/c1-2-3-4-5-6-9(12(17)18)13-10(14)7-8-11(15)16/h9H,2-8H2,1H3,(H,13,14)(H,15,16)(H,17,18). The van der Waals surface area contributed by atoms with Gasteiger partial charge in [0.25, 0.3) is 0 Å². The van der Waals surface area contributed by atoms with Gasteiger partial charge in [-0.2, -0.15) is 0 Å². The highest BCUT2D eigenvalue weighted by Crippen LogP contribution is 2.06. The molecule has 1 atom stereocenters. The Labute approximate surface area is 106 Å². The first-order valence-corrected chi connectivity index (χ1v) is 6.21. The molecule has 0 radical (unpaired) electrons. The monoisotopic (exact) mass is 259 g/mol. The van der Waals surface area contributed by atoms with E-state index >= 15 is 0 Å². The molecule has 0 saturated carbocycles. The van der Waals surface area contributed by atoms with Crippen molar-refractivity contribution in [1.82, 2.24) is 5.32 Å². The average molecular weight is 259 g/mol. The summed E-state index contributed by atoms with van der Waals surface area (Å²) in [5, 5.41) is 19.7. The van der Waals surface area contributed by atoms with Crippen molar-refractivity contribution < 1.29 is 24.6 Å². The summed E-state index contributed by atoms with van der Waals surface area (Å²) >= 11 is 0. The number of carboxylic acids is 2. The second-order valence-electron chi connectivity index (χ2n) is 4.20. The summed E-state index contributed by atoms with van der Waals surface area (Å²) in [6.45, 7) is 2.06. The lowest BCUT2D eigenvalue weighted by molar-refractivity contribution is -0.142. The van der Waals surface area contributed by atoms with E-state index in [0.29, 0.717) is 6.42 Å². The SMILES string of the molecule is CCCCCCC(NC(=O)CCC(=O)O)C(=O)O. The molecule has 6 heteroatoms. The maximum Gasteiger partial charge on any atom is 0.326 e. The highest BCUT2D eigenvalue weighted by Gasteiger charge is 2.19. The largest absolute Gasteiger partial charge is 0.481 e. The normalized spacial score (nSPS) is 11.8. The Morgan fingerprint density at radius 3 is 2.22 bits per heavy atom. The third kappa shape index (κ3) is 8.55. The Kier molecular flexibility index (Phi) is 8.61. The highest BCUT2D eigenvalue weighted by atomic mass is 16.4. The summed E-state index contributed by atoms with van der Waals surface area (Å²) in [7, 11) is 0. The van der Waals surface area contributed by atoms with Crippen LogP contribution in [0.2, 0.25) is 0 Å². The Bertz CT molecular complexity index is 290. The second-order valence-corrected chi connectivity index (χ2v) is 4.20. The average Bonchev–Trinajstić information content (AvgIpc) is 2.30. The van der Waals surface area contributed by atoms with Crippen molar-refractivity contribution in [2.24, 2.45) is 0 Å². The molecule has 0 aliphatic heterocycles. The summed E-state index contributed by atoms with van der Waals surface area (Å²) in [5.74, 6) is -2.67. The minimum Gasteiger partial charge on any atom is -0.481 e. The lowest BCUT2D eigenvalue weighted by Crippen LogP contribution is -2.40. The molecule has 0 aliphatic rings. The molecule has 0 fully saturated rings. The third-order valence-electron chi connectivity index (χ3n) is 2.55. The van der Waals surface area contributed by atoms with Crippen LogP contribution in [0.25, 0.3) is 0 Å². The van der Waals surface area contributed by atoms with E-state index in [9.17, 15) is 14.4 Å². The van der Waals surface area contributed by atoms with Crippen molar-refractivity contribution in [3.8, 4) is 0 Å². The summed E-state index contributed by atoms with van der Waals surface area (Å²) in [5.41, 5.74) is 0. The minimum atomic E-state index is -1.07. The topological polar surface area (TPSA) is 104 Å². The van der Waals surface area contributed by atoms with Crippen LogP contribution >= 0.6 is 0 Å². The molecule has 0 heterocycles. The fraction of sp³-hybridized carbons (Fsp3) is 0.750. The van der Waals surface area contributed by atoms with Gasteiger partial charge in [-0.15, -0.1) is 0 Å². The van der Waals surface area contributed by atoms with Crippen LogP contribution < -0.4 is 5.32 Å². The van der Waals surface area contributed by atoms with Gasteiger partial charge in [-0.25, -0.2) is 4.79 Å². The summed E-state index contributed by atoms with van der Waals surface area (Å²) in [4.78, 5) is 32.5. The molecule has 0 aromatic heterocycles. The van der Waals surface area contributed by atoms with Crippen molar-refractivity contribution in [2.75, 3.05) is 0 Å². The first-order chi connectivity index (χ1) is 8.47. The van der Waals surface area contributed by atoms with Crippen LogP contribution in [-0.2, 0) is 14.4 Å². The summed E-state index contributed by atoms with van der Waals surface area (Å²) in [6, 6.07) is -0.914. The number of carboxylic acid groups (broad SMARTS) is 2. The van der Waals surface area contributed by atoms with Gasteiger partial charge in [-0.3, -0.25) is 9.59 Å². The van der Waals surface area contributed by atoms with Gasteiger partial charge in [0.05, 0.1) is 6.42 Å². The van der Waals surface area contributed by atoms with Gasteiger partial charge in [0, 0.05) is 6.42 Å². The van der Waals surface area contributed by atoms with Gasteiger partial charge in [-0.1, -0.05) is 32.6 Å². The van der Waals surface area contributed by atoms with Crippen LogP contribution in [0.3, 0.4) is 0 Å². The number of carbonyl (C=O) groups excluding carboxylic acids is 1. The maximum atomic E-state index is 11.3. The molecule has 104 valence electrons. The van der Waals surface area contributed by atoms with Crippen molar-refractivity contribution in [3.05, 3.63) is 0 Å². The molecule has 0 bridgehead atoms. The Hall–Kier alpha value is -1.59. The van der Waals surface area contributed by atoms with Crippen molar-refractivity contribution in [2.45, 2.75) is 57.9 Å². The predicted molar refractivity (Wildman–Crippen MR) is 65.2 cm³/mol. The van der Waals surface area contributed by atoms with E-state index in [0.717, 1.165) is 25.7 Å². The lowest BCUT2D eigenvalue weighted by atomic mass is 10.1. The van der Waals surface area contributed by atoms with E-state index in [1.54, 1.807) is 0 Å². The quantitative estimate of drug-likeness (QED) is 0.514. The summed E-state index contributed by atoms with van der Waals surface area (Å²) < 4.78 is 0. The molecule has 0 aromatic carbocycles. The van der Waals surface area contributed by atoms with Gasteiger partial charge in [0.15, 0.2) is 0 Å². The number of amides is 1. The molecular formula is C12H21NO5. The number of hydrogen-bond donors (Lipinski definition) is 3. The zero-order valence-electron chi connectivity index (χ0n) is 10.6. The van der Waals surface area contributed by atoms with Crippen molar-refractivity contribution >= 4 is 17.8 Å². The molecule has 0 rings (SSSR count). The number of aliphatic carboxylic acids is 2. The number of hydrogen-bond acceptors (Lipinski definition) is 3. The molecule has 3 N–H and O–H groups in total. The summed E-state index contributed by atoms with van der Waals surface area (Å²) in [6.07, 6.45) is 3.69. The number of nitrogens with one attached hydrogen (secondary N) is 1. The molecular weight excluding hydrogens is 238 g/mol. The molecule has 1 unspecified atom stereocenters. The fourth-order valence-corrected chi connectivity index (χ4v) is 1.52. The molecule has 18 heavy (non-hydrogen) atoms. The minimum absolute atomic E-state index is 0.186. The van der Waals surface area contributed by atoms with E-state index < -0.39 is 23.9 Å². The first kappa shape index (κ1) is 16.4. The van der Waals surface area contributed by atoms with Crippen LogP contribution in [0.15, 0.2) is 0 Å². The lowest BCUT2D eigenvalue weighted by Gasteiger charge is -2.13. The highest BCUT2D eigenvalue weighted by molar-refractivity contribution is 5.85. The third-order valence-corrected chi connectivity index (χ3v) is 2.55. The van der Waals surface area contributed by atoms with E-state index in [2.05, 4.69) is 12.2 Å². The van der Waals surface area contributed by atoms with E-state index in [1.807, 2.05) is 0 Å². The van der Waals surface area contributed by atoms with Gasteiger partial charge in [0.1, 0.15) is 6.04 Å². The zero-order chi connectivity index (χ0) is 14.0. The van der Waals surface area contributed by atoms with Gasteiger partial charge < -0.3 is 15.5 Å². The van der Waals surface area contributed by atoms with Gasteiger partial charge in [0.2, 0.25) is 5.91 Å².